The van der Waals surface area contributed by atoms with Crippen LogP contribution in [0.3, 0.4) is 0 Å². The summed E-state index contributed by atoms with van der Waals surface area (Å²) in [4.78, 5) is 12.4. The summed E-state index contributed by atoms with van der Waals surface area (Å²) >= 11 is 6.06. The minimum Gasteiger partial charge on any atom is -0.308 e. The Bertz CT molecular complexity index is 1080. The van der Waals surface area contributed by atoms with Crippen molar-refractivity contribution in [1.82, 2.24) is 20.6 Å². The number of carbonyl (C=O) groups is 1. The van der Waals surface area contributed by atoms with Crippen molar-refractivity contribution in [3.63, 3.8) is 0 Å². The van der Waals surface area contributed by atoms with Gasteiger partial charge in [-0.15, -0.1) is 10.2 Å². The molecule has 0 aliphatic carbocycles. The molecule has 0 fully saturated rings. The molecular formula is C20H15ClN6O. The summed E-state index contributed by atoms with van der Waals surface area (Å²) in [5.41, 5.74) is 3.93. The number of halogens is 1. The number of hydrogen-bond acceptors (Lipinski definition) is 4. The lowest BCUT2D eigenvalue weighted by atomic mass is 10.1. The average molecular weight is 391 g/mol. The zero-order valence-corrected chi connectivity index (χ0v) is 15.3. The van der Waals surface area contributed by atoms with E-state index in [-0.39, 0.29) is 0 Å². The second-order valence-corrected chi connectivity index (χ2v) is 6.38. The fraction of sp³-hybridized carbons (Fsp3) is 0. The number of tetrazole rings is 1. The second-order valence-electron chi connectivity index (χ2n) is 5.95. The van der Waals surface area contributed by atoms with Gasteiger partial charge in [0.1, 0.15) is 0 Å². The molecule has 1 heterocycles. The maximum atomic E-state index is 12.4. The third-order valence-corrected chi connectivity index (χ3v) is 4.30. The molecule has 138 valence electrons. The van der Waals surface area contributed by atoms with E-state index in [9.17, 15) is 4.79 Å². The van der Waals surface area contributed by atoms with Gasteiger partial charge in [0.15, 0.2) is 0 Å². The van der Waals surface area contributed by atoms with Crippen molar-refractivity contribution >= 4 is 29.0 Å². The average Bonchev–Trinajstić information content (AvgIpc) is 3.24. The number of urea groups is 1. The fourth-order valence-corrected chi connectivity index (χ4v) is 2.92. The van der Waals surface area contributed by atoms with Gasteiger partial charge in [-0.2, -0.15) is 5.21 Å². The summed E-state index contributed by atoms with van der Waals surface area (Å²) in [6.45, 7) is 0. The third kappa shape index (κ3) is 3.99. The first-order chi connectivity index (χ1) is 13.7. The minimum absolute atomic E-state index is 0.360. The van der Waals surface area contributed by atoms with Crippen molar-refractivity contribution in [2.24, 2.45) is 0 Å². The summed E-state index contributed by atoms with van der Waals surface area (Å²) in [7, 11) is 0. The molecule has 0 spiro atoms. The SMILES string of the molecule is O=C(Nc1ccc(-c2ccccc2)cc1)Nc1cc(Cl)ccc1-c1nn[nH]n1. The number of carbonyl (C=O) groups excluding carboxylic acids is 1. The standard InChI is InChI=1S/C20H15ClN6O/c21-15-8-11-17(19-24-26-27-25-19)18(12-15)23-20(28)22-16-9-6-14(7-10-16)13-4-2-1-3-5-13/h1-12H,(H2,22,23,28)(H,24,25,26,27). The first kappa shape index (κ1) is 17.7. The van der Waals surface area contributed by atoms with Crippen LogP contribution in [-0.4, -0.2) is 26.7 Å². The van der Waals surface area contributed by atoms with Crippen LogP contribution in [0.1, 0.15) is 0 Å². The summed E-state index contributed by atoms with van der Waals surface area (Å²) in [5, 5.41) is 19.9. The molecule has 8 heteroatoms. The largest absolute Gasteiger partial charge is 0.323 e. The van der Waals surface area contributed by atoms with E-state index in [1.807, 2.05) is 54.6 Å². The Labute approximate surface area is 165 Å². The van der Waals surface area contributed by atoms with E-state index in [0.29, 0.717) is 27.8 Å². The maximum absolute atomic E-state index is 12.4. The van der Waals surface area contributed by atoms with Crippen LogP contribution in [0.25, 0.3) is 22.5 Å². The molecule has 0 bridgehead atoms. The smallest absolute Gasteiger partial charge is 0.308 e. The van der Waals surface area contributed by atoms with Crippen LogP contribution in [0, 0.1) is 0 Å². The summed E-state index contributed by atoms with van der Waals surface area (Å²) < 4.78 is 0. The lowest BCUT2D eigenvalue weighted by Gasteiger charge is -2.11. The van der Waals surface area contributed by atoms with E-state index in [1.54, 1.807) is 18.2 Å². The number of nitrogens with zero attached hydrogens (tertiary/aromatic N) is 3. The molecule has 28 heavy (non-hydrogen) atoms. The first-order valence-electron chi connectivity index (χ1n) is 8.46. The second kappa shape index (κ2) is 7.89. The van der Waals surface area contributed by atoms with Gasteiger partial charge >= 0.3 is 6.03 Å². The Morgan fingerprint density at radius 2 is 1.64 bits per heavy atom. The molecule has 4 rings (SSSR count). The highest BCUT2D eigenvalue weighted by Crippen LogP contribution is 2.28. The van der Waals surface area contributed by atoms with Gasteiger partial charge in [0.25, 0.3) is 0 Å². The number of benzene rings is 3. The predicted octanol–water partition coefficient (Wildman–Crippen LogP) is 4.83. The number of amides is 2. The van der Waals surface area contributed by atoms with Crippen LogP contribution in [0.5, 0.6) is 0 Å². The molecule has 3 aromatic carbocycles. The first-order valence-corrected chi connectivity index (χ1v) is 8.84. The van der Waals surface area contributed by atoms with E-state index in [1.165, 1.54) is 0 Å². The number of rotatable bonds is 4. The molecule has 1 aromatic heterocycles. The molecule has 2 amide bonds. The highest BCUT2D eigenvalue weighted by atomic mass is 35.5. The van der Waals surface area contributed by atoms with E-state index < -0.39 is 6.03 Å². The van der Waals surface area contributed by atoms with Gasteiger partial charge in [-0.05, 0) is 46.7 Å². The minimum atomic E-state index is -0.403. The number of nitrogens with one attached hydrogen (secondary N) is 3. The Balaban J connectivity index is 1.49. The molecule has 0 saturated carbocycles. The molecule has 0 radical (unpaired) electrons. The van der Waals surface area contributed by atoms with Gasteiger partial charge in [0.05, 0.1) is 5.69 Å². The number of hydrogen-bond donors (Lipinski definition) is 3. The van der Waals surface area contributed by atoms with Gasteiger partial charge in [-0.1, -0.05) is 54.1 Å². The van der Waals surface area contributed by atoms with E-state index in [2.05, 4.69) is 31.3 Å². The number of anilines is 2. The van der Waals surface area contributed by atoms with Crippen LogP contribution in [0.4, 0.5) is 16.2 Å². The highest BCUT2D eigenvalue weighted by molar-refractivity contribution is 6.31. The lowest BCUT2D eigenvalue weighted by Crippen LogP contribution is -2.19. The van der Waals surface area contributed by atoms with Gasteiger partial charge < -0.3 is 10.6 Å². The zero-order chi connectivity index (χ0) is 19.3. The van der Waals surface area contributed by atoms with Crippen LogP contribution in [0.15, 0.2) is 72.8 Å². The Morgan fingerprint density at radius 1 is 0.893 bits per heavy atom. The number of aromatic amines is 1. The zero-order valence-electron chi connectivity index (χ0n) is 14.6. The summed E-state index contributed by atoms with van der Waals surface area (Å²) in [6, 6.07) is 22.3. The Morgan fingerprint density at radius 3 is 2.36 bits per heavy atom. The van der Waals surface area contributed by atoms with Crippen molar-refractivity contribution < 1.29 is 4.79 Å². The topological polar surface area (TPSA) is 95.6 Å². The van der Waals surface area contributed by atoms with Crippen molar-refractivity contribution in [2.75, 3.05) is 10.6 Å². The Kier molecular flexibility index (Phi) is 4.99. The van der Waals surface area contributed by atoms with Crippen LogP contribution >= 0.6 is 11.6 Å². The molecule has 7 nitrogen and oxygen atoms in total. The van der Waals surface area contributed by atoms with Crippen LogP contribution in [0.2, 0.25) is 5.02 Å². The maximum Gasteiger partial charge on any atom is 0.323 e. The van der Waals surface area contributed by atoms with Crippen LogP contribution < -0.4 is 10.6 Å². The quantitative estimate of drug-likeness (QED) is 0.465. The molecule has 0 saturated heterocycles. The van der Waals surface area contributed by atoms with Crippen molar-refractivity contribution in [3.05, 3.63) is 77.8 Å². The molecule has 0 aliphatic heterocycles. The third-order valence-electron chi connectivity index (χ3n) is 4.07. The normalized spacial score (nSPS) is 10.5. The van der Waals surface area contributed by atoms with E-state index in [0.717, 1.165) is 11.1 Å². The van der Waals surface area contributed by atoms with Crippen molar-refractivity contribution in [1.29, 1.82) is 0 Å². The van der Waals surface area contributed by atoms with E-state index in [4.69, 9.17) is 11.6 Å². The number of aromatic nitrogens is 4. The molecule has 4 aromatic rings. The Hall–Kier alpha value is -3.71. The van der Waals surface area contributed by atoms with E-state index >= 15 is 0 Å². The molecule has 0 aliphatic rings. The molecular weight excluding hydrogens is 376 g/mol. The van der Waals surface area contributed by atoms with Gasteiger partial charge in [0, 0.05) is 16.3 Å². The molecule has 3 N–H and O–H groups in total. The predicted molar refractivity (Wildman–Crippen MR) is 109 cm³/mol. The summed E-state index contributed by atoms with van der Waals surface area (Å²) in [6.07, 6.45) is 0. The molecule has 0 atom stereocenters. The summed E-state index contributed by atoms with van der Waals surface area (Å²) in [5.74, 6) is 0.360. The lowest BCUT2D eigenvalue weighted by molar-refractivity contribution is 0.262. The highest BCUT2D eigenvalue weighted by Gasteiger charge is 2.13. The monoisotopic (exact) mass is 390 g/mol. The van der Waals surface area contributed by atoms with Crippen molar-refractivity contribution in [3.8, 4) is 22.5 Å². The van der Waals surface area contributed by atoms with Crippen LogP contribution in [-0.2, 0) is 0 Å². The van der Waals surface area contributed by atoms with Gasteiger partial charge in [-0.3, -0.25) is 0 Å². The number of H-pyrrole nitrogens is 1. The molecule has 0 unspecified atom stereocenters. The van der Waals surface area contributed by atoms with Gasteiger partial charge in [0.2, 0.25) is 5.82 Å². The fourth-order valence-electron chi connectivity index (χ4n) is 2.75. The van der Waals surface area contributed by atoms with Gasteiger partial charge in [-0.25, -0.2) is 4.79 Å². The van der Waals surface area contributed by atoms with Crippen molar-refractivity contribution in [2.45, 2.75) is 0 Å².